The molecule has 2 aromatic carbocycles. The maximum atomic E-state index is 10.6. The molecule has 0 bridgehead atoms. The second-order valence-electron chi connectivity index (χ2n) is 8.12. The molecule has 1 unspecified atom stereocenters. The average Bonchev–Trinajstić information content (AvgIpc) is 3.25. The Morgan fingerprint density at radius 2 is 1.68 bits per heavy atom. The molecule has 1 fully saturated rings. The summed E-state index contributed by atoms with van der Waals surface area (Å²) >= 11 is 0. The lowest BCUT2D eigenvalue weighted by Crippen LogP contribution is -2.48. The first kappa shape index (κ1) is 19.5. The molecule has 0 radical (unpaired) electrons. The van der Waals surface area contributed by atoms with E-state index in [-0.39, 0.29) is 6.04 Å². The van der Waals surface area contributed by atoms with Crippen molar-refractivity contribution in [1.29, 1.82) is 0 Å². The number of hydrogen-bond donors (Lipinski definition) is 1. The summed E-state index contributed by atoms with van der Waals surface area (Å²) in [5, 5.41) is 15.0. The lowest BCUT2D eigenvalue weighted by atomic mass is 9.95. The highest BCUT2D eigenvalue weighted by atomic mass is 16.3. The van der Waals surface area contributed by atoms with Crippen molar-refractivity contribution in [2.24, 2.45) is 0 Å². The van der Waals surface area contributed by atoms with Crippen molar-refractivity contribution in [2.75, 3.05) is 31.1 Å². The van der Waals surface area contributed by atoms with E-state index < -0.39 is 0 Å². The van der Waals surface area contributed by atoms with E-state index in [0.29, 0.717) is 11.5 Å². The summed E-state index contributed by atoms with van der Waals surface area (Å²) in [6.07, 6.45) is 1.55. The summed E-state index contributed by atoms with van der Waals surface area (Å²) in [5.74, 6) is 1.99. The SMILES string of the molecule is Cc1ccc(C(c2ccccc2O)N2CCN(c3cc(C)nc4ncnn34)CC2)cc1. The second-order valence-corrected chi connectivity index (χ2v) is 8.12. The molecule has 31 heavy (non-hydrogen) atoms. The van der Waals surface area contributed by atoms with Crippen LogP contribution < -0.4 is 4.90 Å². The summed E-state index contributed by atoms with van der Waals surface area (Å²) in [6, 6.07) is 18.4. The molecule has 1 saturated heterocycles. The van der Waals surface area contributed by atoms with Crippen LogP contribution in [0.15, 0.2) is 60.9 Å². The molecule has 2 aromatic heterocycles. The molecule has 7 heteroatoms. The van der Waals surface area contributed by atoms with E-state index in [9.17, 15) is 5.11 Å². The zero-order valence-corrected chi connectivity index (χ0v) is 17.8. The number of aromatic nitrogens is 4. The zero-order chi connectivity index (χ0) is 21.4. The first-order valence-electron chi connectivity index (χ1n) is 10.6. The number of anilines is 1. The highest BCUT2D eigenvalue weighted by Crippen LogP contribution is 2.35. The Morgan fingerprint density at radius 3 is 2.42 bits per heavy atom. The van der Waals surface area contributed by atoms with Gasteiger partial charge < -0.3 is 10.0 Å². The smallest absolute Gasteiger partial charge is 0.254 e. The van der Waals surface area contributed by atoms with E-state index in [1.54, 1.807) is 12.4 Å². The van der Waals surface area contributed by atoms with Crippen LogP contribution >= 0.6 is 0 Å². The highest BCUT2D eigenvalue weighted by Gasteiger charge is 2.29. The normalized spacial score (nSPS) is 16.0. The first-order valence-corrected chi connectivity index (χ1v) is 10.6. The monoisotopic (exact) mass is 414 g/mol. The van der Waals surface area contributed by atoms with Gasteiger partial charge in [-0.1, -0.05) is 48.0 Å². The molecule has 4 aromatic rings. The van der Waals surface area contributed by atoms with E-state index in [2.05, 4.69) is 62.1 Å². The van der Waals surface area contributed by atoms with Gasteiger partial charge in [-0.2, -0.15) is 14.6 Å². The van der Waals surface area contributed by atoms with Gasteiger partial charge in [-0.15, -0.1) is 0 Å². The number of benzene rings is 2. The molecule has 1 N–H and O–H groups in total. The van der Waals surface area contributed by atoms with Gasteiger partial charge in [-0.3, -0.25) is 4.90 Å². The number of nitrogens with zero attached hydrogens (tertiary/aromatic N) is 6. The molecule has 0 spiro atoms. The van der Waals surface area contributed by atoms with Gasteiger partial charge in [0, 0.05) is 43.5 Å². The van der Waals surface area contributed by atoms with Crippen LogP contribution in [-0.4, -0.2) is 55.8 Å². The van der Waals surface area contributed by atoms with Crippen molar-refractivity contribution in [2.45, 2.75) is 19.9 Å². The number of aromatic hydroxyl groups is 1. The molecule has 1 aliphatic heterocycles. The number of piperazine rings is 1. The topological polar surface area (TPSA) is 69.8 Å². The van der Waals surface area contributed by atoms with Gasteiger partial charge in [-0.25, -0.2) is 4.98 Å². The van der Waals surface area contributed by atoms with Crippen LogP contribution in [0.1, 0.15) is 28.4 Å². The fraction of sp³-hybridized carbons (Fsp3) is 0.292. The molecule has 3 heterocycles. The Morgan fingerprint density at radius 1 is 0.935 bits per heavy atom. The minimum absolute atomic E-state index is 0.00881. The van der Waals surface area contributed by atoms with Gasteiger partial charge in [0.1, 0.15) is 17.9 Å². The summed E-state index contributed by atoms with van der Waals surface area (Å²) in [7, 11) is 0. The van der Waals surface area contributed by atoms with Crippen molar-refractivity contribution >= 4 is 11.6 Å². The number of para-hydroxylation sites is 1. The van der Waals surface area contributed by atoms with Crippen LogP contribution in [0.2, 0.25) is 0 Å². The second kappa shape index (κ2) is 8.00. The van der Waals surface area contributed by atoms with Gasteiger partial charge in [0.15, 0.2) is 0 Å². The van der Waals surface area contributed by atoms with Gasteiger partial charge in [-0.05, 0) is 25.5 Å². The van der Waals surface area contributed by atoms with Crippen LogP contribution in [0.3, 0.4) is 0 Å². The Hall–Kier alpha value is -3.45. The minimum Gasteiger partial charge on any atom is -0.508 e. The van der Waals surface area contributed by atoms with E-state index >= 15 is 0 Å². The predicted molar refractivity (Wildman–Crippen MR) is 120 cm³/mol. The predicted octanol–water partition coefficient (Wildman–Crippen LogP) is 3.36. The van der Waals surface area contributed by atoms with E-state index in [0.717, 1.165) is 43.3 Å². The van der Waals surface area contributed by atoms with Gasteiger partial charge in [0.2, 0.25) is 0 Å². The fourth-order valence-corrected chi connectivity index (χ4v) is 4.40. The van der Waals surface area contributed by atoms with Crippen molar-refractivity contribution < 1.29 is 5.11 Å². The maximum absolute atomic E-state index is 10.6. The fourth-order valence-electron chi connectivity index (χ4n) is 4.40. The molecule has 158 valence electrons. The lowest BCUT2D eigenvalue weighted by molar-refractivity contribution is 0.208. The average molecular weight is 415 g/mol. The van der Waals surface area contributed by atoms with Gasteiger partial charge >= 0.3 is 0 Å². The number of phenols is 1. The number of rotatable bonds is 4. The molecule has 1 aliphatic rings. The number of fused-ring (bicyclic) bond motifs is 1. The maximum Gasteiger partial charge on any atom is 0.254 e. The standard InChI is InChI=1S/C24H26N6O/c1-17-7-9-19(10-8-17)23(20-5-3-4-6-21(20)31)29-13-11-28(12-14-29)22-15-18(2)27-24-25-16-26-30(22)24/h3-10,15-16,23,31H,11-14H2,1-2H3. The third-order valence-electron chi connectivity index (χ3n) is 5.99. The van der Waals surface area contributed by atoms with Crippen molar-refractivity contribution in [3.63, 3.8) is 0 Å². The zero-order valence-electron chi connectivity index (χ0n) is 17.8. The Balaban J connectivity index is 1.44. The van der Waals surface area contributed by atoms with Crippen LogP contribution in [0, 0.1) is 13.8 Å². The highest BCUT2D eigenvalue weighted by molar-refractivity contribution is 5.48. The molecule has 5 rings (SSSR count). The molecular weight excluding hydrogens is 388 g/mol. The minimum atomic E-state index is 0.00881. The van der Waals surface area contributed by atoms with E-state index in [1.165, 1.54) is 11.1 Å². The Labute approximate surface area is 181 Å². The third kappa shape index (κ3) is 3.72. The number of hydrogen-bond acceptors (Lipinski definition) is 6. The summed E-state index contributed by atoms with van der Waals surface area (Å²) in [4.78, 5) is 13.5. The summed E-state index contributed by atoms with van der Waals surface area (Å²) in [5.41, 5.74) is 4.30. The Bertz CT molecular complexity index is 1190. The number of aryl methyl sites for hydroxylation is 2. The molecule has 7 nitrogen and oxygen atoms in total. The summed E-state index contributed by atoms with van der Waals surface area (Å²) in [6.45, 7) is 7.52. The van der Waals surface area contributed by atoms with Crippen LogP contribution in [-0.2, 0) is 0 Å². The Kier molecular flexibility index (Phi) is 5.03. The third-order valence-corrected chi connectivity index (χ3v) is 5.99. The number of phenolic OH excluding ortho intramolecular Hbond substituents is 1. The van der Waals surface area contributed by atoms with Crippen molar-refractivity contribution in [1.82, 2.24) is 24.5 Å². The lowest BCUT2D eigenvalue weighted by Gasteiger charge is -2.40. The molecule has 0 saturated carbocycles. The van der Waals surface area contributed by atoms with Crippen LogP contribution in [0.25, 0.3) is 5.78 Å². The van der Waals surface area contributed by atoms with Gasteiger partial charge in [0.05, 0.1) is 6.04 Å². The quantitative estimate of drug-likeness (QED) is 0.552. The first-order chi connectivity index (χ1) is 15.1. The van der Waals surface area contributed by atoms with Crippen molar-refractivity contribution in [3.05, 3.63) is 83.3 Å². The van der Waals surface area contributed by atoms with Crippen LogP contribution in [0.4, 0.5) is 5.82 Å². The molecule has 1 atom stereocenters. The largest absolute Gasteiger partial charge is 0.508 e. The molecular formula is C24H26N6O. The summed E-state index contributed by atoms with van der Waals surface area (Å²) < 4.78 is 1.81. The van der Waals surface area contributed by atoms with Gasteiger partial charge in [0.25, 0.3) is 5.78 Å². The molecule has 0 aliphatic carbocycles. The van der Waals surface area contributed by atoms with E-state index in [4.69, 9.17) is 0 Å². The molecule has 0 amide bonds. The van der Waals surface area contributed by atoms with E-state index in [1.807, 2.05) is 29.6 Å². The van der Waals surface area contributed by atoms with Crippen molar-refractivity contribution in [3.8, 4) is 5.75 Å². The van der Waals surface area contributed by atoms with Crippen LogP contribution in [0.5, 0.6) is 5.75 Å².